The number of hydrogen-bond acceptors (Lipinski definition) is 4. The smallest absolute Gasteiger partial charge is 0.264 e. The molecule has 1 amide bonds. The van der Waals surface area contributed by atoms with Gasteiger partial charge in [-0.2, -0.15) is 5.10 Å². The van der Waals surface area contributed by atoms with Crippen molar-refractivity contribution < 1.29 is 17.6 Å². The van der Waals surface area contributed by atoms with Crippen LogP contribution in [0, 0.1) is 5.82 Å². The minimum absolute atomic E-state index is 0.124. The Morgan fingerprint density at radius 3 is 2.50 bits per heavy atom. The van der Waals surface area contributed by atoms with Crippen molar-refractivity contribution in [3.05, 3.63) is 95.8 Å². The fourth-order valence-electron chi connectivity index (χ4n) is 4.01. The van der Waals surface area contributed by atoms with E-state index in [1.54, 1.807) is 18.2 Å². The lowest BCUT2D eigenvalue weighted by Gasteiger charge is -2.30. The fourth-order valence-corrected chi connectivity index (χ4v) is 5.55. The Labute approximate surface area is 196 Å². The zero-order valence-corrected chi connectivity index (χ0v) is 18.8. The van der Waals surface area contributed by atoms with E-state index in [0.29, 0.717) is 29.3 Å². The summed E-state index contributed by atoms with van der Waals surface area (Å²) in [6, 6.07) is 20.9. The molecule has 0 aliphatic carbocycles. The molecular weight excluding hydrogens is 455 g/mol. The first-order chi connectivity index (χ1) is 16.4. The normalized spacial score (nSPS) is 13.4. The monoisotopic (exact) mass is 476 g/mol. The van der Waals surface area contributed by atoms with Crippen LogP contribution in [0.3, 0.4) is 0 Å². The molecule has 3 aromatic carbocycles. The number of hydrogen-bond donors (Lipinski definition) is 2. The molecule has 172 valence electrons. The summed E-state index contributed by atoms with van der Waals surface area (Å²) in [5.74, 6) is -0.470. The first kappa shape index (κ1) is 21.8. The number of sulfonamides is 1. The zero-order valence-electron chi connectivity index (χ0n) is 18.0. The van der Waals surface area contributed by atoms with E-state index in [1.165, 1.54) is 40.7 Å². The highest BCUT2D eigenvalue weighted by molar-refractivity contribution is 7.92. The highest BCUT2D eigenvalue weighted by atomic mass is 32.2. The highest BCUT2D eigenvalue weighted by Gasteiger charge is 2.29. The van der Waals surface area contributed by atoms with E-state index in [-0.39, 0.29) is 10.7 Å². The van der Waals surface area contributed by atoms with Crippen molar-refractivity contribution in [2.75, 3.05) is 16.2 Å². The maximum absolute atomic E-state index is 13.3. The van der Waals surface area contributed by atoms with Gasteiger partial charge in [0.15, 0.2) is 5.82 Å². The molecule has 0 atom stereocenters. The number of carbonyl (C=O) groups excluding carboxylic acids is 1. The second-order valence-electron chi connectivity index (χ2n) is 7.96. The van der Waals surface area contributed by atoms with Gasteiger partial charge in [-0.15, -0.1) is 0 Å². The van der Waals surface area contributed by atoms with Crippen molar-refractivity contribution in [1.82, 2.24) is 10.2 Å². The molecule has 2 heterocycles. The number of amides is 1. The van der Waals surface area contributed by atoms with Crippen LogP contribution in [-0.4, -0.2) is 31.1 Å². The molecule has 1 aliphatic rings. The van der Waals surface area contributed by atoms with Crippen molar-refractivity contribution in [3.63, 3.8) is 0 Å². The standard InChI is InChI=1S/C25H21FN4O3S/c26-20-11-7-17(8-12-20)22-16-24(29-28-22)27-25(31)19-9-13-21(14-10-19)34(32,33)30-15-3-5-18-4-1-2-6-23(18)30/h1-2,4,6-14,16H,3,5,15H2,(H2,27,28,29,31). The topological polar surface area (TPSA) is 95.2 Å². The quantitative estimate of drug-likeness (QED) is 0.440. The van der Waals surface area contributed by atoms with E-state index in [9.17, 15) is 17.6 Å². The number of anilines is 2. The highest BCUT2D eigenvalue weighted by Crippen LogP contribution is 2.32. The molecule has 5 rings (SSSR count). The van der Waals surface area contributed by atoms with Crippen molar-refractivity contribution in [2.24, 2.45) is 0 Å². The van der Waals surface area contributed by atoms with E-state index in [0.717, 1.165) is 24.0 Å². The molecule has 0 saturated heterocycles. The van der Waals surface area contributed by atoms with E-state index in [4.69, 9.17) is 0 Å². The third kappa shape index (κ3) is 4.17. The minimum Gasteiger partial charge on any atom is -0.305 e. The number of aromatic amines is 1. The Hall–Kier alpha value is -3.98. The Kier molecular flexibility index (Phi) is 5.62. The predicted molar refractivity (Wildman–Crippen MR) is 128 cm³/mol. The zero-order chi connectivity index (χ0) is 23.7. The lowest BCUT2D eigenvalue weighted by Crippen LogP contribution is -2.35. The third-order valence-electron chi connectivity index (χ3n) is 5.75. The SMILES string of the molecule is O=C(Nc1cc(-c2ccc(F)cc2)[nH]n1)c1ccc(S(=O)(=O)N2CCCc3ccccc32)cc1. The van der Waals surface area contributed by atoms with Gasteiger partial charge in [0.25, 0.3) is 15.9 Å². The molecule has 4 aromatic rings. The van der Waals surface area contributed by atoms with Gasteiger partial charge in [0, 0.05) is 18.2 Å². The van der Waals surface area contributed by atoms with Crippen LogP contribution >= 0.6 is 0 Å². The Morgan fingerprint density at radius 2 is 1.74 bits per heavy atom. The number of benzene rings is 3. The van der Waals surface area contributed by atoms with Crippen molar-refractivity contribution in [1.29, 1.82) is 0 Å². The van der Waals surface area contributed by atoms with Crippen molar-refractivity contribution in [2.45, 2.75) is 17.7 Å². The molecular formula is C25H21FN4O3S. The van der Waals surface area contributed by atoms with Crippen LogP contribution in [0.15, 0.2) is 83.8 Å². The maximum Gasteiger partial charge on any atom is 0.264 e. The van der Waals surface area contributed by atoms with E-state index in [1.807, 2.05) is 24.3 Å². The van der Waals surface area contributed by atoms with Gasteiger partial charge in [-0.1, -0.05) is 18.2 Å². The summed E-state index contributed by atoms with van der Waals surface area (Å²) in [7, 11) is -3.75. The summed E-state index contributed by atoms with van der Waals surface area (Å²) in [5, 5.41) is 9.55. The summed E-state index contributed by atoms with van der Waals surface area (Å²) in [6.45, 7) is 0.414. The second-order valence-corrected chi connectivity index (χ2v) is 9.82. The third-order valence-corrected chi connectivity index (χ3v) is 7.57. The lowest BCUT2D eigenvalue weighted by molar-refractivity contribution is 0.102. The van der Waals surface area contributed by atoms with Crippen LogP contribution in [-0.2, 0) is 16.4 Å². The average molecular weight is 477 g/mol. The van der Waals surface area contributed by atoms with Crippen LogP contribution in [0.2, 0.25) is 0 Å². The number of rotatable bonds is 5. The Bertz CT molecular complexity index is 1450. The maximum atomic E-state index is 13.3. The van der Waals surface area contributed by atoms with Gasteiger partial charge in [-0.05, 0) is 78.6 Å². The minimum atomic E-state index is -3.75. The first-order valence-corrected chi connectivity index (χ1v) is 12.2. The van der Waals surface area contributed by atoms with Crippen molar-refractivity contribution >= 4 is 27.4 Å². The number of aromatic nitrogens is 2. The van der Waals surface area contributed by atoms with E-state index < -0.39 is 15.9 Å². The van der Waals surface area contributed by atoms with Gasteiger partial charge in [0.2, 0.25) is 0 Å². The number of fused-ring (bicyclic) bond motifs is 1. The molecule has 1 aliphatic heterocycles. The number of aryl methyl sites for hydroxylation is 1. The summed E-state index contributed by atoms with van der Waals surface area (Å²) >= 11 is 0. The fraction of sp³-hybridized carbons (Fsp3) is 0.120. The van der Waals surface area contributed by atoms with Gasteiger partial charge in [0.1, 0.15) is 5.82 Å². The summed E-state index contributed by atoms with van der Waals surface area (Å²) in [6.07, 6.45) is 1.59. The van der Waals surface area contributed by atoms with Crippen LogP contribution in [0.1, 0.15) is 22.3 Å². The number of nitrogens with one attached hydrogen (secondary N) is 2. The number of para-hydroxylation sites is 1. The number of H-pyrrole nitrogens is 1. The molecule has 7 nitrogen and oxygen atoms in total. The van der Waals surface area contributed by atoms with Crippen LogP contribution in [0.25, 0.3) is 11.3 Å². The van der Waals surface area contributed by atoms with Crippen LogP contribution < -0.4 is 9.62 Å². The Morgan fingerprint density at radius 1 is 1.00 bits per heavy atom. The summed E-state index contributed by atoms with van der Waals surface area (Å²) in [4.78, 5) is 12.8. The molecule has 0 spiro atoms. The number of carbonyl (C=O) groups is 1. The Balaban J connectivity index is 1.32. The van der Waals surface area contributed by atoms with Crippen molar-refractivity contribution in [3.8, 4) is 11.3 Å². The molecule has 0 unspecified atom stereocenters. The second kappa shape index (κ2) is 8.75. The molecule has 2 N–H and O–H groups in total. The molecule has 0 radical (unpaired) electrons. The predicted octanol–water partition coefficient (Wildman–Crippen LogP) is 4.61. The van der Waals surface area contributed by atoms with Gasteiger partial charge in [-0.25, -0.2) is 12.8 Å². The number of nitrogens with zero attached hydrogens (tertiary/aromatic N) is 2. The van der Waals surface area contributed by atoms with Crippen LogP contribution in [0.5, 0.6) is 0 Å². The molecule has 34 heavy (non-hydrogen) atoms. The molecule has 0 fully saturated rings. The van der Waals surface area contributed by atoms with Crippen LogP contribution in [0.4, 0.5) is 15.9 Å². The molecule has 1 aromatic heterocycles. The molecule has 0 saturated carbocycles. The average Bonchev–Trinajstić information content (AvgIpc) is 3.32. The van der Waals surface area contributed by atoms with Gasteiger partial charge in [0.05, 0.1) is 16.3 Å². The largest absolute Gasteiger partial charge is 0.305 e. The summed E-state index contributed by atoms with van der Waals surface area (Å²) in [5.41, 5.74) is 3.35. The van der Waals surface area contributed by atoms with Gasteiger partial charge >= 0.3 is 0 Å². The summed E-state index contributed by atoms with van der Waals surface area (Å²) < 4.78 is 41.1. The lowest BCUT2D eigenvalue weighted by atomic mass is 10.0. The first-order valence-electron chi connectivity index (χ1n) is 10.8. The van der Waals surface area contributed by atoms with E-state index in [2.05, 4.69) is 15.5 Å². The van der Waals surface area contributed by atoms with E-state index >= 15 is 0 Å². The number of halogens is 1. The molecule has 9 heteroatoms. The molecule has 0 bridgehead atoms. The van der Waals surface area contributed by atoms with Gasteiger partial charge < -0.3 is 5.32 Å². The van der Waals surface area contributed by atoms with Gasteiger partial charge in [-0.3, -0.25) is 14.2 Å².